The highest BCUT2D eigenvalue weighted by molar-refractivity contribution is 9.10. The quantitative estimate of drug-likeness (QED) is 0.691. The van der Waals surface area contributed by atoms with E-state index in [0.29, 0.717) is 18.0 Å². The molecule has 1 aromatic carbocycles. The number of nitrogens with zero attached hydrogens (tertiary/aromatic N) is 2. The number of anilines is 1. The lowest BCUT2D eigenvalue weighted by Crippen LogP contribution is -2.35. The molecule has 2 aromatic rings. The third-order valence-corrected chi connectivity index (χ3v) is 5.43. The summed E-state index contributed by atoms with van der Waals surface area (Å²) in [5.74, 6) is 0.835. The zero-order valence-corrected chi connectivity index (χ0v) is 16.6. The molecule has 2 amide bonds. The summed E-state index contributed by atoms with van der Waals surface area (Å²) in [5, 5.41) is 2.70. The van der Waals surface area contributed by atoms with Crippen LogP contribution in [0.15, 0.2) is 52.0 Å². The molecule has 0 atom stereocenters. The molecule has 7 heteroatoms. The van der Waals surface area contributed by atoms with E-state index < -0.39 is 0 Å². The third-order valence-electron chi connectivity index (χ3n) is 3.40. The Kier molecular flexibility index (Phi) is 7.46. The van der Waals surface area contributed by atoms with Crippen LogP contribution in [0.4, 0.5) is 5.82 Å². The molecule has 1 N–H and O–H groups in total. The van der Waals surface area contributed by atoms with Crippen molar-refractivity contribution in [1.29, 1.82) is 0 Å². The van der Waals surface area contributed by atoms with E-state index in [4.69, 9.17) is 0 Å². The highest BCUT2D eigenvalue weighted by Gasteiger charge is 2.13. The smallest absolute Gasteiger partial charge is 0.245 e. The van der Waals surface area contributed by atoms with Crippen molar-refractivity contribution in [3.8, 4) is 0 Å². The molecule has 0 radical (unpaired) electrons. The van der Waals surface area contributed by atoms with Gasteiger partial charge in [0.1, 0.15) is 5.82 Å². The van der Waals surface area contributed by atoms with Crippen molar-refractivity contribution < 1.29 is 9.59 Å². The molecule has 0 unspecified atom stereocenters. The molecule has 2 rings (SSSR count). The molecule has 1 heterocycles. The Labute approximate surface area is 160 Å². The van der Waals surface area contributed by atoms with Gasteiger partial charge in [-0.05, 0) is 52.7 Å². The van der Waals surface area contributed by atoms with Gasteiger partial charge in [-0.2, -0.15) is 0 Å². The minimum absolute atomic E-state index is 0.00809. The number of nitrogens with one attached hydrogen (secondary N) is 1. The lowest BCUT2D eigenvalue weighted by Gasteiger charge is -2.16. The van der Waals surface area contributed by atoms with Gasteiger partial charge in [-0.3, -0.25) is 9.59 Å². The summed E-state index contributed by atoms with van der Waals surface area (Å²) in [5.41, 5.74) is 1.01. The van der Waals surface area contributed by atoms with Crippen molar-refractivity contribution in [2.24, 2.45) is 0 Å². The topological polar surface area (TPSA) is 62.3 Å². The molecule has 0 saturated carbocycles. The van der Waals surface area contributed by atoms with Crippen molar-refractivity contribution in [3.63, 3.8) is 0 Å². The predicted octanol–water partition coefficient (Wildman–Crippen LogP) is 3.73. The van der Waals surface area contributed by atoms with Crippen LogP contribution in [0.2, 0.25) is 0 Å². The maximum Gasteiger partial charge on any atom is 0.245 e. The number of hydrogen-bond acceptors (Lipinski definition) is 4. The molecule has 25 heavy (non-hydrogen) atoms. The lowest BCUT2D eigenvalue weighted by atomic mass is 10.3. The number of thioether (sulfide) groups is 1. The Morgan fingerprint density at radius 1 is 1.28 bits per heavy atom. The minimum Gasteiger partial charge on any atom is -0.336 e. The van der Waals surface area contributed by atoms with Crippen LogP contribution in [0.5, 0.6) is 0 Å². The molecule has 0 fully saturated rings. The number of aryl methyl sites for hydroxylation is 1. The summed E-state index contributed by atoms with van der Waals surface area (Å²) >= 11 is 5.10. The second kappa shape index (κ2) is 9.58. The van der Waals surface area contributed by atoms with Crippen LogP contribution in [0.3, 0.4) is 0 Å². The van der Waals surface area contributed by atoms with Crippen molar-refractivity contribution in [2.45, 2.75) is 18.2 Å². The van der Waals surface area contributed by atoms with Gasteiger partial charge in [0.05, 0.1) is 6.54 Å². The van der Waals surface area contributed by atoms with Gasteiger partial charge in [-0.1, -0.05) is 12.1 Å². The second-order valence-corrected chi connectivity index (χ2v) is 7.54. The summed E-state index contributed by atoms with van der Waals surface area (Å²) in [4.78, 5) is 30.8. The first-order valence-electron chi connectivity index (χ1n) is 7.79. The van der Waals surface area contributed by atoms with Crippen LogP contribution in [0.25, 0.3) is 0 Å². The SMILES string of the molecule is Cc1ccnc(NC(=O)CN(C)C(=O)CCSc2ccccc2Br)c1. The number of rotatable bonds is 7. The second-order valence-electron chi connectivity index (χ2n) is 5.55. The number of hydrogen-bond donors (Lipinski definition) is 1. The van der Waals surface area contributed by atoms with E-state index in [0.717, 1.165) is 14.9 Å². The highest BCUT2D eigenvalue weighted by atomic mass is 79.9. The average molecular weight is 422 g/mol. The van der Waals surface area contributed by atoms with E-state index in [2.05, 4.69) is 26.2 Å². The first kappa shape index (κ1) is 19.5. The number of halogens is 1. The van der Waals surface area contributed by atoms with Gasteiger partial charge in [0.2, 0.25) is 11.8 Å². The van der Waals surface area contributed by atoms with Gasteiger partial charge < -0.3 is 10.2 Å². The number of amides is 2. The monoisotopic (exact) mass is 421 g/mol. The Morgan fingerprint density at radius 2 is 2.04 bits per heavy atom. The summed E-state index contributed by atoms with van der Waals surface area (Å²) in [6, 6.07) is 11.5. The van der Waals surface area contributed by atoms with E-state index in [9.17, 15) is 9.59 Å². The summed E-state index contributed by atoms with van der Waals surface area (Å²) in [7, 11) is 1.63. The van der Waals surface area contributed by atoms with Gasteiger partial charge in [-0.15, -0.1) is 11.8 Å². The zero-order chi connectivity index (χ0) is 18.2. The molecule has 1 aromatic heterocycles. The minimum atomic E-state index is -0.257. The summed E-state index contributed by atoms with van der Waals surface area (Å²) in [6.07, 6.45) is 2.01. The van der Waals surface area contributed by atoms with Crippen molar-refractivity contribution in [2.75, 3.05) is 24.7 Å². The van der Waals surface area contributed by atoms with Crippen molar-refractivity contribution >= 4 is 45.3 Å². The van der Waals surface area contributed by atoms with Crippen LogP contribution in [-0.4, -0.2) is 41.0 Å². The number of carbonyl (C=O) groups is 2. The molecule has 0 spiro atoms. The van der Waals surface area contributed by atoms with Crippen LogP contribution in [0.1, 0.15) is 12.0 Å². The van der Waals surface area contributed by atoms with Crippen molar-refractivity contribution in [1.82, 2.24) is 9.88 Å². The molecular formula is C18H20BrN3O2S. The maximum atomic E-state index is 12.2. The predicted molar refractivity (Wildman–Crippen MR) is 105 cm³/mol. The standard InChI is InChI=1S/C18H20BrN3O2S/c1-13-7-9-20-16(11-13)21-17(23)12-22(2)18(24)8-10-25-15-6-4-3-5-14(15)19/h3-7,9,11H,8,10,12H2,1-2H3,(H,20,21,23). The fourth-order valence-electron chi connectivity index (χ4n) is 2.09. The molecule has 0 aliphatic heterocycles. The van der Waals surface area contributed by atoms with Gasteiger partial charge in [0, 0.05) is 34.8 Å². The molecular weight excluding hydrogens is 402 g/mol. The van der Waals surface area contributed by atoms with Crippen molar-refractivity contribution in [3.05, 3.63) is 52.6 Å². The fourth-order valence-corrected chi connectivity index (χ4v) is 3.60. The average Bonchev–Trinajstić information content (AvgIpc) is 2.56. The number of pyridine rings is 1. The highest BCUT2D eigenvalue weighted by Crippen LogP contribution is 2.27. The third kappa shape index (κ3) is 6.51. The van der Waals surface area contributed by atoms with Crippen LogP contribution < -0.4 is 5.32 Å². The van der Waals surface area contributed by atoms with Crippen LogP contribution >= 0.6 is 27.7 Å². The van der Waals surface area contributed by atoms with E-state index >= 15 is 0 Å². The fraction of sp³-hybridized carbons (Fsp3) is 0.278. The molecule has 0 aliphatic rings. The Balaban J connectivity index is 1.76. The molecule has 5 nitrogen and oxygen atoms in total. The molecule has 0 saturated heterocycles. The summed E-state index contributed by atoms with van der Waals surface area (Å²) < 4.78 is 1.02. The molecule has 132 valence electrons. The van der Waals surface area contributed by atoms with Gasteiger partial charge in [0.25, 0.3) is 0 Å². The van der Waals surface area contributed by atoms with E-state index in [-0.39, 0.29) is 18.4 Å². The first-order valence-corrected chi connectivity index (χ1v) is 9.57. The largest absolute Gasteiger partial charge is 0.336 e. The molecule has 0 aliphatic carbocycles. The van der Waals surface area contributed by atoms with Gasteiger partial charge >= 0.3 is 0 Å². The maximum absolute atomic E-state index is 12.2. The van der Waals surface area contributed by atoms with Crippen LogP contribution in [0, 0.1) is 6.92 Å². The zero-order valence-electron chi connectivity index (χ0n) is 14.2. The Morgan fingerprint density at radius 3 is 2.76 bits per heavy atom. The summed E-state index contributed by atoms with van der Waals surface area (Å²) in [6.45, 7) is 1.93. The van der Waals surface area contributed by atoms with E-state index in [1.165, 1.54) is 4.90 Å². The number of likely N-dealkylation sites (N-methyl/N-ethyl adjacent to an activating group) is 1. The van der Waals surface area contributed by atoms with Crippen LogP contribution in [-0.2, 0) is 9.59 Å². The van der Waals surface area contributed by atoms with Gasteiger partial charge in [0.15, 0.2) is 0 Å². The Hall–Kier alpha value is -1.86. The molecule has 0 bridgehead atoms. The number of aromatic nitrogens is 1. The van der Waals surface area contributed by atoms with E-state index in [1.54, 1.807) is 31.1 Å². The van der Waals surface area contributed by atoms with Gasteiger partial charge in [-0.25, -0.2) is 4.98 Å². The normalized spacial score (nSPS) is 10.4. The number of carbonyl (C=O) groups excluding carboxylic acids is 2. The number of benzene rings is 1. The lowest BCUT2D eigenvalue weighted by molar-refractivity contribution is -0.132. The van der Waals surface area contributed by atoms with E-state index in [1.807, 2.05) is 37.3 Å². The Bertz CT molecular complexity index is 755. The first-order chi connectivity index (χ1) is 12.0.